The number of hydrogen-bond acceptors (Lipinski definition) is 2. The quantitative estimate of drug-likeness (QED) is 0.115. The van der Waals surface area contributed by atoms with Crippen molar-refractivity contribution in [3.8, 4) is 11.1 Å². The molecule has 0 saturated heterocycles. The van der Waals surface area contributed by atoms with E-state index in [1.54, 1.807) is 0 Å². The Balaban J connectivity index is 1.04. The summed E-state index contributed by atoms with van der Waals surface area (Å²) >= 11 is 0. The molecule has 0 aromatic heterocycles. The largest absolute Gasteiger partial charge is 0.310 e. The first-order chi connectivity index (χ1) is 28.5. The molecule has 0 saturated carbocycles. The topological polar surface area (TPSA) is 6.48 Å². The molecule has 2 nitrogen and oxygen atoms in total. The van der Waals surface area contributed by atoms with Gasteiger partial charge in [-0.1, -0.05) is 165 Å². The number of benzene rings is 8. The minimum Gasteiger partial charge on any atom is -0.310 e. The summed E-state index contributed by atoms with van der Waals surface area (Å²) in [6, 6.07) is 74.0. The molecule has 0 aliphatic rings. The van der Waals surface area contributed by atoms with Crippen molar-refractivity contribution in [2.75, 3.05) is 9.80 Å². The van der Waals surface area contributed by atoms with Gasteiger partial charge in [0.05, 0.1) is 0 Å². The summed E-state index contributed by atoms with van der Waals surface area (Å²) < 4.78 is 0. The smallest absolute Gasteiger partial charge is 0.0464 e. The van der Waals surface area contributed by atoms with Crippen molar-refractivity contribution >= 4 is 52.4 Å². The van der Waals surface area contributed by atoms with Gasteiger partial charge in [-0.25, -0.2) is 0 Å². The van der Waals surface area contributed by atoms with Crippen LogP contribution in [0.25, 0.3) is 29.4 Å². The average Bonchev–Trinajstić information content (AvgIpc) is 3.27. The Morgan fingerprint density at radius 3 is 1.16 bits per heavy atom. The first kappa shape index (κ1) is 37.7. The minimum absolute atomic E-state index is 0.296. The number of rotatable bonds is 12. The Hall–Kier alpha value is -7.16. The van der Waals surface area contributed by atoms with Crippen LogP contribution < -0.4 is 9.80 Å². The summed E-state index contributed by atoms with van der Waals surface area (Å²) in [6.45, 7) is 6.55. The molecule has 8 rings (SSSR count). The molecule has 8 aromatic rings. The maximum absolute atomic E-state index is 2.34. The second kappa shape index (κ2) is 17.7. The molecule has 0 aliphatic carbocycles. The van der Waals surface area contributed by atoms with Gasteiger partial charge in [-0.2, -0.15) is 0 Å². The van der Waals surface area contributed by atoms with Crippen LogP contribution in [0, 0.1) is 13.8 Å². The number of hydrogen-bond donors (Lipinski definition) is 0. The molecule has 0 N–H and O–H groups in total. The molecule has 2 heteroatoms. The molecule has 0 heterocycles. The lowest BCUT2D eigenvalue weighted by atomic mass is 9.99. The van der Waals surface area contributed by atoms with E-state index in [1.807, 2.05) is 6.07 Å². The minimum atomic E-state index is 0.296. The molecule has 0 fully saturated rings. The molecular weight excluding hydrogens is 701 g/mol. The fraction of sp³-hybridized carbons (Fsp3) is 0.0714. The van der Waals surface area contributed by atoms with Crippen molar-refractivity contribution in [1.82, 2.24) is 0 Å². The molecule has 0 amide bonds. The van der Waals surface area contributed by atoms with E-state index in [2.05, 4.69) is 255 Å². The van der Waals surface area contributed by atoms with Crippen LogP contribution in [0.3, 0.4) is 0 Å². The lowest BCUT2D eigenvalue weighted by Gasteiger charge is -2.27. The zero-order chi connectivity index (χ0) is 39.7. The van der Waals surface area contributed by atoms with Gasteiger partial charge in [0, 0.05) is 34.1 Å². The van der Waals surface area contributed by atoms with E-state index in [-0.39, 0.29) is 0 Å². The molecule has 0 aliphatic heterocycles. The Kier molecular flexibility index (Phi) is 11.6. The fourth-order valence-electron chi connectivity index (χ4n) is 7.38. The van der Waals surface area contributed by atoms with Crippen LogP contribution in [0.15, 0.2) is 212 Å². The fourth-order valence-corrected chi connectivity index (χ4v) is 7.38. The molecule has 0 spiro atoms. The maximum atomic E-state index is 2.34. The monoisotopic (exact) mass is 748 g/mol. The number of anilines is 6. The Morgan fingerprint density at radius 1 is 0.345 bits per heavy atom. The Labute approximate surface area is 344 Å². The van der Waals surface area contributed by atoms with Crippen LogP contribution in [-0.2, 0) is 0 Å². The zero-order valence-corrected chi connectivity index (χ0v) is 33.4. The zero-order valence-electron chi connectivity index (χ0n) is 33.4. The lowest BCUT2D eigenvalue weighted by molar-refractivity contribution is 0.972. The predicted octanol–water partition coefficient (Wildman–Crippen LogP) is 15.9. The Morgan fingerprint density at radius 2 is 0.724 bits per heavy atom. The van der Waals surface area contributed by atoms with Crippen molar-refractivity contribution in [3.05, 3.63) is 246 Å². The van der Waals surface area contributed by atoms with Crippen molar-refractivity contribution in [2.45, 2.75) is 26.7 Å². The second-order valence-corrected chi connectivity index (χ2v) is 14.9. The van der Waals surface area contributed by atoms with Crippen LogP contribution in [0.4, 0.5) is 34.1 Å². The van der Waals surface area contributed by atoms with Crippen LogP contribution in [0.2, 0.25) is 0 Å². The highest BCUT2D eigenvalue weighted by atomic mass is 15.1. The highest BCUT2D eigenvalue weighted by Gasteiger charge is 2.16. The van der Waals surface area contributed by atoms with Crippen LogP contribution in [-0.4, -0.2) is 0 Å². The Bertz CT molecular complexity index is 2600. The van der Waals surface area contributed by atoms with E-state index in [9.17, 15) is 0 Å². The maximum Gasteiger partial charge on any atom is 0.0464 e. The molecule has 1 atom stereocenters. The standard InChI is InChI=1S/C56H48N2/c1-42-12-10-18-55(40-42)57(51-32-24-47(25-33-51)23-22-46-16-8-5-9-17-46)53-36-28-49(29-37-53)50-30-38-54(39-31-50)58(56-19-11-13-43(2)41-56)52-34-26-48(27-35-52)44(3)20-21-45-14-6-4-7-15-45/h4-41,44H,1-3H3/b21-20+,23-22+. The first-order valence-corrected chi connectivity index (χ1v) is 20.1. The molecule has 8 aromatic carbocycles. The van der Waals surface area contributed by atoms with Crippen LogP contribution in [0.5, 0.6) is 0 Å². The summed E-state index contributed by atoms with van der Waals surface area (Å²) in [5, 5.41) is 0. The summed E-state index contributed by atoms with van der Waals surface area (Å²) in [5.74, 6) is 0.296. The van der Waals surface area contributed by atoms with Gasteiger partial charge in [0.1, 0.15) is 0 Å². The summed E-state index contributed by atoms with van der Waals surface area (Å²) in [6.07, 6.45) is 8.80. The molecule has 1 unspecified atom stereocenters. The van der Waals surface area contributed by atoms with Crippen molar-refractivity contribution in [2.24, 2.45) is 0 Å². The summed E-state index contributed by atoms with van der Waals surface area (Å²) in [7, 11) is 0. The van der Waals surface area contributed by atoms with Crippen molar-refractivity contribution < 1.29 is 0 Å². The van der Waals surface area contributed by atoms with E-state index in [1.165, 1.54) is 38.9 Å². The van der Waals surface area contributed by atoms with Crippen LogP contribution >= 0.6 is 0 Å². The number of nitrogens with zero attached hydrogens (tertiary/aromatic N) is 2. The third-order valence-electron chi connectivity index (χ3n) is 10.6. The second-order valence-electron chi connectivity index (χ2n) is 14.9. The third-order valence-corrected chi connectivity index (χ3v) is 10.6. The van der Waals surface area contributed by atoms with Gasteiger partial charge in [0.2, 0.25) is 0 Å². The van der Waals surface area contributed by atoms with E-state index in [4.69, 9.17) is 0 Å². The average molecular weight is 749 g/mol. The van der Waals surface area contributed by atoms with Gasteiger partial charge in [-0.15, -0.1) is 0 Å². The van der Waals surface area contributed by atoms with Gasteiger partial charge in [0.15, 0.2) is 0 Å². The van der Waals surface area contributed by atoms with Crippen molar-refractivity contribution in [3.63, 3.8) is 0 Å². The number of allylic oxidation sites excluding steroid dienone is 1. The van der Waals surface area contributed by atoms with Gasteiger partial charge in [0.25, 0.3) is 0 Å². The molecular formula is C56H48N2. The molecule has 0 bridgehead atoms. The van der Waals surface area contributed by atoms with E-state index in [0.29, 0.717) is 5.92 Å². The highest BCUT2D eigenvalue weighted by molar-refractivity contribution is 5.82. The van der Waals surface area contributed by atoms with E-state index < -0.39 is 0 Å². The third kappa shape index (κ3) is 9.10. The highest BCUT2D eigenvalue weighted by Crippen LogP contribution is 2.39. The normalized spacial score (nSPS) is 11.8. The van der Waals surface area contributed by atoms with Gasteiger partial charge >= 0.3 is 0 Å². The first-order valence-electron chi connectivity index (χ1n) is 20.1. The summed E-state index contributed by atoms with van der Waals surface area (Å²) in [4.78, 5) is 4.67. The predicted molar refractivity (Wildman–Crippen MR) is 250 cm³/mol. The molecule has 0 radical (unpaired) electrons. The summed E-state index contributed by atoms with van der Waals surface area (Å²) in [5.41, 5.74) is 16.4. The van der Waals surface area contributed by atoms with Crippen LogP contribution in [0.1, 0.15) is 46.2 Å². The van der Waals surface area contributed by atoms with Gasteiger partial charge in [-0.3, -0.25) is 0 Å². The van der Waals surface area contributed by atoms with Gasteiger partial charge < -0.3 is 9.80 Å². The number of aryl methyl sites for hydroxylation is 2. The lowest BCUT2D eigenvalue weighted by Crippen LogP contribution is -2.10. The van der Waals surface area contributed by atoms with Crippen molar-refractivity contribution in [1.29, 1.82) is 0 Å². The molecule has 282 valence electrons. The SMILES string of the molecule is Cc1cccc(N(c2ccc(/C=C/c3ccccc3)cc2)c2ccc(-c3ccc(N(c4ccc(C(C)/C=C/c5ccccc5)cc4)c4cccc(C)c4)cc3)cc2)c1. The van der Waals surface area contributed by atoms with E-state index in [0.717, 1.165) is 39.7 Å². The molecule has 58 heavy (non-hydrogen) atoms. The van der Waals surface area contributed by atoms with Gasteiger partial charge in [-0.05, 0) is 137 Å². The van der Waals surface area contributed by atoms with E-state index >= 15 is 0 Å².